The molecule has 4 aliphatic rings. The zero-order valence-corrected chi connectivity index (χ0v) is 14.4. The average molecular weight is 355 g/mol. The Balaban J connectivity index is 1.39. The summed E-state index contributed by atoms with van der Waals surface area (Å²) >= 11 is 0. The normalized spacial score (nSPS) is 35.0. The van der Waals surface area contributed by atoms with Gasteiger partial charge >= 0.3 is 6.18 Å². The van der Waals surface area contributed by atoms with Crippen molar-refractivity contribution in [1.29, 1.82) is 0 Å². The van der Waals surface area contributed by atoms with E-state index in [4.69, 9.17) is 0 Å². The van der Waals surface area contributed by atoms with Gasteiger partial charge in [0.1, 0.15) is 6.54 Å². The van der Waals surface area contributed by atoms with E-state index in [9.17, 15) is 18.0 Å². The van der Waals surface area contributed by atoms with Crippen molar-refractivity contribution in [3.63, 3.8) is 0 Å². The van der Waals surface area contributed by atoms with Gasteiger partial charge in [-0.3, -0.25) is 9.48 Å². The van der Waals surface area contributed by atoms with Crippen molar-refractivity contribution in [3.8, 4) is 0 Å². The van der Waals surface area contributed by atoms with Crippen LogP contribution in [0.1, 0.15) is 51.1 Å². The molecule has 0 unspecified atom stereocenters. The second kappa shape index (κ2) is 5.74. The molecule has 138 valence electrons. The Bertz CT molecular complexity index is 631. The highest BCUT2D eigenvalue weighted by molar-refractivity contribution is 5.76. The molecule has 7 heteroatoms. The molecule has 1 heterocycles. The van der Waals surface area contributed by atoms with Crippen LogP contribution in [-0.2, 0) is 17.5 Å². The summed E-state index contributed by atoms with van der Waals surface area (Å²) in [5.74, 6) is 2.13. The Kier molecular flexibility index (Phi) is 3.88. The van der Waals surface area contributed by atoms with Crippen molar-refractivity contribution in [1.82, 2.24) is 15.1 Å². The topological polar surface area (TPSA) is 46.9 Å². The van der Waals surface area contributed by atoms with Crippen molar-refractivity contribution < 1.29 is 18.0 Å². The SMILES string of the molecule is C[C@H](NC(=O)Cn1ccc(C(F)(F)F)n1)C12CC3CC(CC(C3)C1)C2. The molecule has 4 nitrogen and oxygen atoms in total. The summed E-state index contributed by atoms with van der Waals surface area (Å²) in [5.41, 5.74) is -0.777. The van der Waals surface area contributed by atoms with Crippen LogP contribution in [0.5, 0.6) is 0 Å². The summed E-state index contributed by atoms with van der Waals surface area (Å²) < 4.78 is 38.8. The smallest absolute Gasteiger partial charge is 0.351 e. The lowest BCUT2D eigenvalue weighted by molar-refractivity contribution is -0.141. The van der Waals surface area contributed by atoms with Crippen molar-refractivity contribution in [2.24, 2.45) is 23.2 Å². The van der Waals surface area contributed by atoms with E-state index in [0.29, 0.717) is 0 Å². The quantitative estimate of drug-likeness (QED) is 0.897. The van der Waals surface area contributed by atoms with Gasteiger partial charge in [-0.1, -0.05) is 0 Å². The molecule has 1 aromatic heterocycles. The summed E-state index contributed by atoms with van der Waals surface area (Å²) in [7, 11) is 0. The molecule has 1 aromatic rings. The lowest BCUT2D eigenvalue weighted by Crippen LogP contribution is -2.56. The fraction of sp³-hybridized carbons (Fsp3) is 0.778. The Morgan fingerprint density at radius 2 is 1.84 bits per heavy atom. The second-order valence-electron chi connectivity index (χ2n) is 8.47. The van der Waals surface area contributed by atoms with Gasteiger partial charge in [0.15, 0.2) is 5.69 Å². The first kappa shape index (κ1) is 16.9. The molecule has 0 radical (unpaired) electrons. The van der Waals surface area contributed by atoms with Crippen molar-refractivity contribution in [3.05, 3.63) is 18.0 Å². The minimum atomic E-state index is -4.48. The number of carbonyl (C=O) groups excluding carboxylic acids is 1. The third-order valence-corrected chi connectivity index (χ3v) is 6.62. The molecule has 0 spiro atoms. The number of nitrogens with zero attached hydrogens (tertiary/aromatic N) is 2. The van der Waals surface area contributed by atoms with Crippen molar-refractivity contribution >= 4 is 5.91 Å². The van der Waals surface area contributed by atoms with Gasteiger partial charge in [-0.25, -0.2) is 0 Å². The largest absolute Gasteiger partial charge is 0.435 e. The Morgan fingerprint density at radius 3 is 2.32 bits per heavy atom. The number of rotatable bonds is 4. The number of nitrogens with one attached hydrogen (secondary N) is 1. The van der Waals surface area contributed by atoms with E-state index in [1.54, 1.807) is 0 Å². The van der Waals surface area contributed by atoms with Crippen LogP contribution in [0.2, 0.25) is 0 Å². The molecule has 25 heavy (non-hydrogen) atoms. The van der Waals surface area contributed by atoms with E-state index >= 15 is 0 Å². The zero-order valence-electron chi connectivity index (χ0n) is 14.4. The fourth-order valence-corrected chi connectivity index (χ4v) is 5.90. The van der Waals surface area contributed by atoms with E-state index in [2.05, 4.69) is 17.3 Å². The van der Waals surface area contributed by atoms with Gasteiger partial charge in [0.25, 0.3) is 0 Å². The van der Waals surface area contributed by atoms with Crippen LogP contribution in [-0.4, -0.2) is 21.7 Å². The monoisotopic (exact) mass is 355 g/mol. The maximum atomic E-state index is 12.6. The molecule has 0 aliphatic heterocycles. The number of carbonyl (C=O) groups is 1. The molecule has 4 aliphatic carbocycles. The highest BCUT2D eigenvalue weighted by Crippen LogP contribution is 2.61. The van der Waals surface area contributed by atoms with Crippen LogP contribution in [0, 0.1) is 23.2 Å². The summed E-state index contributed by atoms with van der Waals surface area (Å²) in [6.45, 7) is 1.89. The number of amides is 1. The minimum Gasteiger partial charge on any atom is -0.351 e. The minimum absolute atomic E-state index is 0.0612. The first-order valence-electron chi connectivity index (χ1n) is 9.13. The third kappa shape index (κ3) is 3.17. The molecular formula is C18H24F3N3O. The first-order valence-corrected chi connectivity index (χ1v) is 9.13. The van der Waals surface area contributed by atoms with E-state index in [0.717, 1.165) is 28.5 Å². The van der Waals surface area contributed by atoms with Gasteiger partial charge < -0.3 is 5.32 Å². The summed E-state index contributed by atoms with van der Waals surface area (Å²) in [6.07, 6.45) is 4.29. The van der Waals surface area contributed by atoms with Crippen LogP contribution in [0.25, 0.3) is 0 Å². The van der Waals surface area contributed by atoms with Gasteiger partial charge in [-0.15, -0.1) is 0 Å². The van der Waals surface area contributed by atoms with Crippen LogP contribution >= 0.6 is 0 Å². The van der Waals surface area contributed by atoms with Gasteiger partial charge in [-0.2, -0.15) is 18.3 Å². The van der Waals surface area contributed by atoms with Crippen LogP contribution in [0.4, 0.5) is 13.2 Å². The maximum absolute atomic E-state index is 12.6. The van der Waals surface area contributed by atoms with E-state index in [1.807, 2.05) is 0 Å². The molecule has 5 rings (SSSR count). The average Bonchev–Trinajstić information content (AvgIpc) is 2.94. The molecular weight excluding hydrogens is 331 g/mol. The number of hydrogen-bond donors (Lipinski definition) is 1. The zero-order chi connectivity index (χ0) is 17.8. The fourth-order valence-electron chi connectivity index (χ4n) is 5.90. The Labute approximate surface area is 145 Å². The standard InChI is InChI=1S/C18H24F3N3O/c1-11(17-7-12-4-13(8-17)6-14(5-12)9-17)22-16(25)10-24-3-2-15(23-24)18(19,20)21/h2-3,11-14H,4-10H2,1H3,(H,22,25)/t11-,12?,13?,14?,17?/m0/s1. The van der Waals surface area contributed by atoms with E-state index in [1.165, 1.54) is 44.7 Å². The van der Waals surface area contributed by atoms with E-state index in [-0.39, 0.29) is 23.9 Å². The Morgan fingerprint density at radius 1 is 1.28 bits per heavy atom. The molecule has 0 saturated heterocycles. The summed E-state index contributed by atoms with van der Waals surface area (Å²) in [6, 6.07) is 0.960. The van der Waals surface area contributed by atoms with E-state index < -0.39 is 11.9 Å². The summed E-state index contributed by atoms with van der Waals surface area (Å²) in [4.78, 5) is 12.3. The van der Waals surface area contributed by atoms with Crippen LogP contribution < -0.4 is 5.32 Å². The molecule has 4 saturated carbocycles. The molecule has 0 aromatic carbocycles. The van der Waals surface area contributed by atoms with Gasteiger partial charge in [-0.05, 0) is 74.7 Å². The van der Waals surface area contributed by atoms with Crippen molar-refractivity contribution in [2.45, 2.75) is 64.2 Å². The third-order valence-electron chi connectivity index (χ3n) is 6.62. The number of hydrogen-bond acceptors (Lipinski definition) is 2. The van der Waals surface area contributed by atoms with Crippen molar-refractivity contribution in [2.75, 3.05) is 0 Å². The molecule has 4 bridgehead atoms. The van der Waals surface area contributed by atoms with Gasteiger partial charge in [0, 0.05) is 12.2 Å². The lowest BCUT2D eigenvalue weighted by atomic mass is 9.48. The number of halogens is 3. The summed E-state index contributed by atoms with van der Waals surface area (Å²) in [5, 5.41) is 6.50. The molecule has 1 amide bonds. The molecule has 1 atom stereocenters. The Hall–Kier alpha value is -1.53. The predicted molar refractivity (Wildman–Crippen MR) is 85.4 cm³/mol. The predicted octanol–water partition coefficient (Wildman–Crippen LogP) is 3.62. The highest BCUT2D eigenvalue weighted by atomic mass is 19.4. The lowest BCUT2D eigenvalue weighted by Gasteiger charge is -2.59. The van der Waals surface area contributed by atoms with Gasteiger partial charge in [0.05, 0.1) is 0 Å². The number of aromatic nitrogens is 2. The molecule has 4 fully saturated rings. The maximum Gasteiger partial charge on any atom is 0.435 e. The van der Waals surface area contributed by atoms with Crippen LogP contribution in [0.15, 0.2) is 12.3 Å². The van der Waals surface area contributed by atoms with Crippen LogP contribution in [0.3, 0.4) is 0 Å². The highest BCUT2D eigenvalue weighted by Gasteiger charge is 2.53. The molecule has 1 N–H and O–H groups in total. The van der Waals surface area contributed by atoms with Gasteiger partial charge in [0.2, 0.25) is 5.91 Å². The second-order valence-corrected chi connectivity index (χ2v) is 8.47. The number of alkyl halides is 3. The first-order chi connectivity index (χ1) is 11.7.